The average molecular weight is 207 g/mol. The highest BCUT2D eigenvalue weighted by Gasteiger charge is 2.11. The molecule has 1 aliphatic heterocycles. The quantitative estimate of drug-likeness (QED) is 0.743. The van der Waals surface area contributed by atoms with Gasteiger partial charge in [0.1, 0.15) is 5.78 Å². The Bertz CT molecular complexity index is 362. The lowest BCUT2D eigenvalue weighted by atomic mass is 10.1. The molecule has 1 aliphatic rings. The monoisotopic (exact) mass is 207 g/mol. The van der Waals surface area contributed by atoms with Crippen molar-refractivity contribution in [3.05, 3.63) is 29.1 Å². The largest absolute Gasteiger partial charge is 0.300 e. The molecule has 0 spiro atoms. The summed E-state index contributed by atoms with van der Waals surface area (Å²) in [5.41, 5.74) is 3.59. The Morgan fingerprint density at radius 1 is 1.64 bits per heavy atom. The SMILES string of the molecule is CC(=O)Cc1cnc2c(c1)CSCC2. The van der Waals surface area contributed by atoms with Crippen LogP contribution in [0.1, 0.15) is 23.7 Å². The Morgan fingerprint density at radius 2 is 2.50 bits per heavy atom. The summed E-state index contributed by atoms with van der Waals surface area (Å²) in [4.78, 5) is 15.4. The third kappa shape index (κ3) is 2.15. The van der Waals surface area contributed by atoms with Crippen LogP contribution in [0.4, 0.5) is 0 Å². The second-order valence-corrected chi connectivity index (χ2v) is 4.74. The number of carbonyl (C=O) groups is 1. The molecule has 0 N–H and O–H groups in total. The standard InChI is InChI=1S/C11H13NOS/c1-8(13)4-9-5-10-7-14-3-2-11(10)12-6-9/h5-6H,2-4,7H2,1H3. The maximum absolute atomic E-state index is 10.9. The van der Waals surface area contributed by atoms with Gasteiger partial charge in [-0.1, -0.05) is 6.07 Å². The average Bonchev–Trinajstić information content (AvgIpc) is 2.17. The van der Waals surface area contributed by atoms with Crippen LogP contribution in [-0.2, 0) is 23.4 Å². The van der Waals surface area contributed by atoms with Crippen molar-refractivity contribution in [1.82, 2.24) is 4.98 Å². The summed E-state index contributed by atoms with van der Waals surface area (Å²) in [6.07, 6.45) is 3.43. The lowest BCUT2D eigenvalue weighted by molar-refractivity contribution is -0.116. The zero-order chi connectivity index (χ0) is 9.97. The molecule has 0 amide bonds. The molecule has 14 heavy (non-hydrogen) atoms. The number of pyridine rings is 1. The van der Waals surface area contributed by atoms with E-state index in [1.54, 1.807) is 6.92 Å². The highest BCUT2D eigenvalue weighted by Crippen LogP contribution is 2.23. The van der Waals surface area contributed by atoms with Gasteiger partial charge in [0.2, 0.25) is 0 Å². The van der Waals surface area contributed by atoms with Crippen LogP contribution in [0.2, 0.25) is 0 Å². The Labute approximate surface area is 88.1 Å². The molecule has 0 fully saturated rings. The highest BCUT2D eigenvalue weighted by molar-refractivity contribution is 7.98. The lowest BCUT2D eigenvalue weighted by Crippen LogP contribution is -2.07. The molecule has 0 bridgehead atoms. The van der Waals surface area contributed by atoms with Crippen LogP contribution in [-0.4, -0.2) is 16.5 Å². The maximum Gasteiger partial charge on any atom is 0.134 e. The minimum absolute atomic E-state index is 0.204. The van der Waals surface area contributed by atoms with E-state index in [-0.39, 0.29) is 5.78 Å². The molecule has 0 radical (unpaired) electrons. The number of rotatable bonds is 2. The maximum atomic E-state index is 10.9. The van der Waals surface area contributed by atoms with Crippen molar-refractivity contribution >= 4 is 17.5 Å². The Morgan fingerprint density at radius 3 is 3.29 bits per heavy atom. The first-order valence-electron chi connectivity index (χ1n) is 4.79. The molecule has 3 heteroatoms. The summed E-state index contributed by atoms with van der Waals surface area (Å²) in [7, 11) is 0. The fourth-order valence-electron chi connectivity index (χ4n) is 1.67. The molecule has 1 aromatic rings. The van der Waals surface area contributed by atoms with Crippen molar-refractivity contribution in [2.45, 2.75) is 25.5 Å². The van der Waals surface area contributed by atoms with Crippen molar-refractivity contribution in [1.29, 1.82) is 0 Å². The van der Waals surface area contributed by atoms with Gasteiger partial charge in [0.15, 0.2) is 0 Å². The predicted molar refractivity (Wildman–Crippen MR) is 58.5 cm³/mol. The van der Waals surface area contributed by atoms with Gasteiger partial charge in [-0.2, -0.15) is 11.8 Å². The Balaban J connectivity index is 2.24. The van der Waals surface area contributed by atoms with E-state index in [4.69, 9.17) is 0 Å². The topological polar surface area (TPSA) is 30.0 Å². The van der Waals surface area contributed by atoms with Gasteiger partial charge < -0.3 is 0 Å². The van der Waals surface area contributed by atoms with Crippen molar-refractivity contribution in [3.8, 4) is 0 Å². The summed E-state index contributed by atoms with van der Waals surface area (Å²) in [6, 6.07) is 2.13. The first kappa shape index (κ1) is 9.71. The number of thioether (sulfide) groups is 1. The van der Waals surface area contributed by atoms with Crippen molar-refractivity contribution < 1.29 is 4.79 Å². The molecule has 0 unspecified atom stereocenters. The summed E-state index contributed by atoms with van der Waals surface area (Å²) in [6.45, 7) is 1.62. The minimum atomic E-state index is 0.204. The smallest absolute Gasteiger partial charge is 0.134 e. The molecule has 0 aliphatic carbocycles. The van der Waals surface area contributed by atoms with E-state index in [2.05, 4.69) is 11.1 Å². The van der Waals surface area contributed by atoms with E-state index >= 15 is 0 Å². The highest BCUT2D eigenvalue weighted by atomic mass is 32.2. The van der Waals surface area contributed by atoms with Crippen LogP contribution < -0.4 is 0 Å². The van der Waals surface area contributed by atoms with Crippen LogP contribution in [0.15, 0.2) is 12.3 Å². The Kier molecular flexibility index (Phi) is 2.87. The summed E-state index contributed by atoms with van der Waals surface area (Å²) in [5, 5.41) is 0. The molecule has 1 aromatic heterocycles. The van der Waals surface area contributed by atoms with Crippen molar-refractivity contribution in [3.63, 3.8) is 0 Å². The second-order valence-electron chi connectivity index (χ2n) is 3.63. The molecule has 0 saturated carbocycles. The van der Waals surface area contributed by atoms with Crippen LogP contribution in [0.25, 0.3) is 0 Å². The van der Waals surface area contributed by atoms with Gasteiger partial charge in [-0.05, 0) is 30.2 Å². The number of aromatic nitrogens is 1. The molecule has 74 valence electrons. The van der Waals surface area contributed by atoms with Gasteiger partial charge in [0.25, 0.3) is 0 Å². The van der Waals surface area contributed by atoms with Crippen molar-refractivity contribution in [2.24, 2.45) is 0 Å². The zero-order valence-electron chi connectivity index (χ0n) is 8.25. The molecule has 0 atom stereocenters. The normalized spacial score (nSPS) is 14.9. The van der Waals surface area contributed by atoms with Gasteiger partial charge in [0, 0.05) is 24.1 Å². The molecule has 2 nitrogen and oxygen atoms in total. The van der Waals surface area contributed by atoms with Crippen molar-refractivity contribution in [2.75, 3.05) is 5.75 Å². The molecule has 2 rings (SSSR count). The first-order valence-corrected chi connectivity index (χ1v) is 5.95. The van der Waals surface area contributed by atoms with Crippen LogP contribution in [0.5, 0.6) is 0 Å². The van der Waals surface area contributed by atoms with Gasteiger partial charge in [-0.25, -0.2) is 0 Å². The number of aryl methyl sites for hydroxylation is 1. The molecule has 0 saturated heterocycles. The number of carbonyl (C=O) groups excluding carboxylic acids is 1. The number of Topliss-reactive ketones (excluding diaryl/α,β-unsaturated/α-hetero) is 1. The zero-order valence-corrected chi connectivity index (χ0v) is 9.06. The molecule has 0 aromatic carbocycles. The lowest BCUT2D eigenvalue weighted by Gasteiger charge is -2.14. The fraction of sp³-hybridized carbons (Fsp3) is 0.455. The number of nitrogens with zero attached hydrogens (tertiary/aromatic N) is 1. The van der Waals surface area contributed by atoms with E-state index in [9.17, 15) is 4.79 Å². The molecular formula is C11H13NOS. The van der Waals surface area contributed by atoms with E-state index in [0.29, 0.717) is 6.42 Å². The number of hydrogen-bond acceptors (Lipinski definition) is 3. The van der Waals surface area contributed by atoms with Crippen LogP contribution in [0.3, 0.4) is 0 Å². The third-order valence-electron chi connectivity index (χ3n) is 2.31. The number of hydrogen-bond donors (Lipinski definition) is 0. The van der Waals surface area contributed by atoms with Crippen LogP contribution >= 0.6 is 11.8 Å². The Hall–Kier alpha value is -0.830. The number of fused-ring (bicyclic) bond motifs is 1. The summed E-state index contributed by atoms with van der Waals surface area (Å²) in [5.74, 6) is 2.43. The predicted octanol–water partition coefficient (Wildman–Crippen LogP) is 2.00. The first-order chi connectivity index (χ1) is 6.75. The molecular weight excluding hydrogens is 194 g/mol. The van der Waals surface area contributed by atoms with E-state index in [1.165, 1.54) is 17.0 Å². The van der Waals surface area contributed by atoms with E-state index < -0.39 is 0 Å². The fourth-order valence-corrected chi connectivity index (χ4v) is 2.63. The second kappa shape index (κ2) is 4.13. The van der Waals surface area contributed by atoms with Gasteiger partial charge >= 0.3 is 0 Å². The van der Waals surface area contributed by atoms with Gasteiger partial charge in [-0.15, -0.1) is 0 Å². The number of ketones is 1. The third-order valence-corrected chi connectivity index (χ3v) is 3.32. The van der Waals surface area contributed by atoms with Gasteiger partial charge in [-0.3, -0.25) is 9.78 Å². The van der Waals surface area contributed by atoms with E-state index in [0.717, 1.165) is 17.7 Å². The molecule has 2 heterocycles. The minimum Gasteiger partial charge on any atom is -0.300 e. The summed E-state index contributed by atoms with van der Waals surface area (Å²) >= 11 is 1.94. The van der Waals surface area contributed by atoms with Gasteiger partial charge in [0.05, 0.1) is 0 Å². The van der Waals surface area contributed by atoms with Crippen LogP contribution in [0, 0.1) is 0 Å². The summed E-state index contributed by atoms with van der Waals surface area (Å²) < 4.78 is 0. The van der Waals surface area contributed by atoms with E-state index in [1.807, 2.05) is 18.0 Å².